The lowest BCUT2D eigenvalue weighted by molar-refractivity contribution is 0.133. The van der Waals surface area contributed by atoms with E-state index in [0.29, 0.717) is 18.4 Å². The van der Waals surface area contributed by atoms with Crippen LogP contribution < -0.4 is 5.43 Å². The lowest BCUT2D eigenvalue weighted by Gasteiger charge is -2.07. The molecule has 0 aliphatic heterocycles. The highest BCUT2D eigenvalue weighted by molar-refractivity contribution is 5.84. The maximum atomic E-state index is 11.0. The van der Waals surface area contributed by atoms with Gasteiger partial charge in [0.1, 0.15) is 0 Å². The number of nitrogens with one attached hydrogen (secondary N) is 1. The maximum absolute atomic E-state index is 11.0. The van der Waals surface area contributed by atoms with Gasteiger partial charge in [0.2, 0.25) is 0 Å². The first kappa shape index (κ1) is 12.9. The van der Waals surface area contributed by atoms with E-state index in [9.17, 15) is 4.79 Å². The zero-order chi connectivity index (χ0) is 11.1. The summed E-state index contributed by atoms with van der Waals surface area (Å²) >= 11 is 0. The number of nitrogens with zero attached hydrogens (tertiary/aromatic N) is 1. The molecular weight excluding hydrogens is 180 g/mol. The van der Waals surface area contributed by atoms with Crippen LogP contribution in [0.3, 0.4) is 0 Å². The fourth-order valence-electron chi connectivity index (χ4n) is 0.538. The number of rotatable bonds is 4. The van der Waals surface area contributed by atoms with Crippen molar-refractivity contribution < 1.29 is 9.53 Å². The molecule has 0 aromatic heterocycles. The van der Waals surface area contributed by atoms with Gasteiger partial charge in [-0.1, -0.05) is 27.7 Å². The summed E-state index contributed by atoms with van der Waals surface area (Å²) in [5.41, 5.74) is 3.23. The second-order valence-electron chi connectivity index (χ2n) is 4.01. The quantitative estimate of drug-likeness (QED) is 0.559. The van der Waals surface area contributed by atoms with E-state index >= 15 is 0 Å². The summed E-state index contributed by atoms with van der Waals surface area (Å²) in [5, 5.41) is 3.89. The Morgan fingerprint density at radius 1 is 1.36 bits per heavy atom. The monoisotopic (exact) mass is 200 g/mol. The number of carbonyl (C=O) groups is 1. The van der Waals surface area contributed by atoms with E-state index in [-0.39, 0.29) is 0 Å². The van der Waals surface area contributed by atoms with Crippen LogP contribution in [0.1, 0.15) is 34.6 Å². The number of hydrogen-bond acceptors (Lipinski definition) is 3. The van der Waals surface area contributed by atoms with E-state index < -0.39 is 6.09 Å². The fraction of sp³-hybridized carbons (Fsp3) is 0.800. The largest absolute Gasteiger partial charge is 0.448 e. The minimum Gasteiger partial charge on any atom is -0.448 e. The van der Waals surface area contributed by atoms with Crippen LogP contribution in [0.15, 0.2) is 5.10 Å². The van der Waals surface area contributed by atoms with Gasteiger partial charge in [-0.2, -0.15) is 5.10 Å². The Balaban J connectivity index is 3.79. The molecule has 0 aromatic rings. The van der Waals surface area contributed by atoms with Gasteiger partial charge < -0.3 is 4.74 Å². The van der Waals surface area contributed by atoms with Gasteiger partial charge in [-0.3, -0.25) is 0 Å². The minimum atomic E-state index is -0.487. The Morgan fingerprint density at radius 2 is 1.93 bits per heavy atom. The van der Waals surface area contributed by atoms with Crippen LogP contribution in [0.2, 0.25) is 0 Å². The highest BCUT2D eigenvalue weighted by Crippen LogP contribution is 1.95. The number of amides is 1. The molecule has 0 heterocycles. The van der Waals surface area contributed by atoms with Crippen molar-refractivity contribution in [1.82, 2.24) is 5.43 Å². The first-order valence-corrected chi connectivity index (χ1v) is 4.90. The Kier molecular flexibility index (Phi) is 5.92. The molecule has 0 rings (SSSR count). The van der Waals surface area contributed by atoms with Crippen molar-refractivity contribution in [1.29, 1.82) is 0 Å². The smallest absolute Gasteiger partial charge is 0.427 e. The molecule has 1 N–H and O–H groups in total. The van der Waals surface area contributed by atoms with E-state index in [1.807, 2.05) is 34.6 Å². The van der Waals surface area contributed by atoms with Gasteiger partial charge in [-0.25, -0.2) is 10.2 Å². The van der Waals surface area contributed by atoms with Crippen LogP contribution in [0.4, 0.5) is 4.79 Å². The van der Waals surface area contributed by atoms with Gasteiger partial charge >= 0.3 is 6.09 Å². The normalized spacial score (nSPS) is 12.1. The lowest BCUT2D eigenvalue weighted by Crippen LogP contribution is -2.23. The Hall–Kier alpha value is -1.06. The second kappa shape index (κ2) is 6.40. The highest BCUT2D eigenvalue weighted by atomic mass is 16.6. The third-order valence-corrected chi connectivity index (χ3v) is 1.71. The van der Waals surface area contributed by atoms with Gasteiger partial charge in [0, 0.05) is 5.71 Å². The average Bonchev–Trinajstić information content (AvgIpc) is 2.10. The van der Waals surface area contributed by atoms with Crippen LogP contribution in [0.5, 0.6) is 0 Å². The molecule has 82 valence electrons. The van der Waals surface area contributed by atoms with Crippen molar-refractivity contribution in [2.75, 3.05) is 6.61 Å². The van der Waals surface area contributed by atoms with Crippen molar-refractivity contribution in [2.45, 2.75) is 34.6 Å². The molecule has 1 amide bonds. The summed E-state index contributed by atoms with van der Waals surface area (Å²) < 4.78 is 4.88. The van der Waals surface area contributed by atoms with Crippen molar-refractivity contribution >= 4 is 11.8 Å². The van der Waals surface area contributed by atoms with Gasteiger partial charge in [0.25, 0.3) is 0 Å². The second-order valence-corrected chi connectivity index (χ2v) is 4.01. The molecule has 14 heavy (non-hydrogen) atoms. The molecule has 0 aromatic carbocycles. The summed E-state index contributed by atoms with van der Waals surface area (Å²) in [6.45, 7) is 10.3. The Bertz CT molecular complexity index is 210. The number of hydrazone groups is 1. The molecule has 0 aliphatic carbocycles. The van der Waals surface area contributed by atoms with E-state index in [4.69, 9.17) is 4.74 Å². The number of carbonyl (C=O) groups excluding carboxylic acids is 1. The molecule has 0 unspecified atom stereocenters. The average molecular weight is 200 g/mol. The maximum Gasteiger partial charge on any atom is 0.427 e. The van der Waals surface area contributed by atoms with Gasteiger partial charge in [-0.15, -0.1) is 0 Å². The van der Waals surface area contributed by atoms with E-state index in [1.54, 1.807) is 0 Å². The summed E-state index contributed by atoms with van der Waals surface area (Å²) in [4.78, 5) is 11.0. The predicted molar refractivity (Wildman–Crippen MR) is 57.3 cm³/mol. The SMILES string of the molecule is C/C(=N\NC(=O)OCC(C)C)C(C)C. The Labute approximate surface area is 85.7 Å². The highest BCUT2D eigenvalue weighted by Gasteiger charge is 2.03. The molecule has 0 saturated carbocycles. The van der Waals surface area contributed by atoms with E-state index in [1.165, 1.54) is 0 Å². The first-order valence-electron chi connectivity index (χ1n) is 4.90. The molecule has 0 fully saturated rings. The van der Waals surface area contributed by atoms with E-state index in [0.717, 1.165) is 5.71 Å². The standard InChI is InChI=1S/C10H20N2O2/c1-7(2)6-14-10(13)12-11-9(5)8(3)4/h7-8H,6H2,1-5H3,(H,12,13)/b11-9+. The number of ether oxygens (including phenoxy) is 1. The molecule has 0 aliphatic rings. The third kappa shape index (κ3) is 6.46. The number of hydrogen-bond donors (Lipinski definition) is 1. The van der Waals surface area contributed by atoms with Crippen LogP contribution in [-0.2, 0) is 4.74 Å². The van der Waals surface area contributed by atoms with Crippen molar-refractivity contribution in [3.8, 4) is 0 Å². The molecule has 0 saturated heterocycles. The van der Waals surface area contributed by atoms with Crippen LogP contribution in [0.25, 0.3) is 0 Å². The summed E-state index contributed by atoms with van der Waals surface area (Å²) in [7, 11) is 0. The molecule has 0 radical (unpaired) electrons. The van der Waals surface area contributed by atoms with Crippen molar-refractivity contribution in [3.05, 3.63) is 0 Å². The van der Waals surface area contributed by atoms with Gasteiger partial charge in [0.15, 0.2) is 0 Å². The summed E-state index contributed by atoms with van der Waals surface area (Å²) in [5.74, 6) is 0.677. The molecule has 0 atom stereocenters. The summed E-state index contributed by atoms with van der Waals surface area (Å²) in [6, 6.07) is 0. The fourth-order valence-corrected chi connectivity index (χ4v) is 0.538. The zero-order valence-electron chi connectivity index (χ0n) is 9.63. The topological polar surface area (TPSA) is 50.7 Å². The Morgan fingerprint density at radius 3 is 2.36 bits per heavy atom. The predicted octanol–water partition coefficient (Wildman–Crippen LogP) is 2.40. The van der Waals surface area contributed by atoms with Crippen LogP contribution >= 0.6 is 0 Å². The lowest BCUT2D eigenvalue weighted by atomic mass is 10.1. The van der Waals surface area contributed by atoms with Crippen LogP contribution in [0, 0.1) is 11.8 Å². The van der Waals surface area contributed by atoms with Crippen molar-refractivity contribution in [3.63, 3.8) is 0 Å². The van der Waals surface area contributed by atoms with Crippen LogP contribution in [-0.4, -0.2) is 18.4 Å². The molecular formula is C10H20N2O2. The first-order chi connectivity index (χ1) is 6.43. The molecule has 0 spiro atoms. The molecule has 4 nitrogen and oxygen atoms in total. The summed E-state index contributed by atoms with van der Waals surface area (Å²) in [6.07, 6.45) is -0.487. The van der Waals surface area contributed by atoms with E-state index in [2.05, 4.69) is 10.5 Å². The molecule has 0 bridgehead atoms. The van der Waals surface area contributed by atoms with Crippen molar-refractivity contribution in [2.24, 2.45) is 16.9 Å². The van der Waals surface area contributed by atoms with Gasteiger partial charge in [-0.05, 0) is 18.8 Å². The molecule has 4 heteroatoms. The zero-order valence-corrected chi connectivity index (χ0v) is 9.63. The minimum absolute atomic E-state index is 0.334. The third-order valence-electron chi connectivity index (χ3n) is 1.71. The van der Waals surface area contributed by atoms with Gasteiger partial charge in [0.05, 0.1) is 6.61 Å².